The Kier molecular flexibility index (Phi) is 4.95. The smallest absolute Gasteiger partial charge is 0.0360 e. The molecule has 0 heterocycles. The van der Waals surface area contributed by atoms with Gasteiger partial charge in [0.05, 0.1) is 0 Å². The summed E-state index contributed by atoms with van der Waals surface area (Å²) in [6.45, 7) is 0. The van der Waals surface area contributed by atoms with Crippen LogP contribution in [0.15, 0.2) is 9.47 Å². The van der Waals surface area contributed by atoms with Gasteiger partial charge in [0.15, 0.2) is 0 Å². The molecule has 0 fully saturated rings. The highest BCUT2D eigenvalue weighted by molar-refractivity contribution is 9.14. The number of halogens is 2. The normalized spacial score (nSPS) is 12.2. The van der Waals surface area contributed by atoms with E-state index in [0.29, 0.717) is 5.75 Å². The van der Waals surface area contributed by atoms with Crippen molar-refractivity contribution < 1.29 is 0 Å². The van der Waals surface area contributed by atoms with Crippen LogP contribution in [0.1, 0.15) is 0 Å². The molecule has 3 heteroatoms. The second-order valence-electron chi connectivity index (χ2n) is 0.700. The van der Waals surface area contributed by atoms with E-state index in [0.717, 1.165) is 4.48 Å². The zero-order chi connectivity index (χ0) is 4.99. The lowest BCUT2D eigenvalue weighted by Crippen LogP contribution is -1.63. The van der Waals surface area contributed by atoms with Gasteiger partial charge in [-0.2, -0.15) is 0 Å². The third-order valence-electron chi connectivity index (χ3n) is 0.256. The average molecular weight is 231 g/mol. The second-order valence-corrected chi connectivity index (χ2v) is 2.47. The summed E-state index contributed by atoms with van der Waals surface area (Å²) < 4.78 is 1.01. The molecular formula is C3H3Br2S. The van der Waals surface area contributed by atoms with E-state index in [-0.39, 0.29) is 0 Å². The molecule has 0 aromatic rings. The van der Waals surface area contributed by atoms with Gasteiger partial charge in [0, 0.05) is 10.2 Å². The van der Waals surface area contributed by atoms with Gasteiger partial charge in [-0.05, 0) is 4.99 Å². The highest BCUT2D eigenvalue weighted by Crippen LogP contribution is 2.07. The van der Waals surface area contributed by atoms with Gasteiger partial charge in [0.1, 0.15) is 0 Å². The minimum absolute atomic E-state index is 0.644. The maximum atomic E-state index is 4.63. The summed E-state index contributed by atoms with van der Waals surface area (Å²) in [6, 6.07) is 0. The van der Waals surface area contributed by atoms with Crippen LogP contribution in [0.2, 0.25) is 0 Å². The van der Waals surface area contributed by atoms with Crippen LogP contribution in [0, 0.1) is 0 Å². The van der Waals surface area contributed by atoms with Crippen molar-refractivity contribution in [2.75, 3.05) is 5.75 Å². The van der Waals surface area contributed by atoms with Crippen molar-refractivity contribution in [1.82, 2.24) is 0 Å². The Hall–Kier alpha value is 1.05. The molecule has 0 saturated heterocycles. The maximum Gasteiger partial charge on any atom is 0.0360 e. The van der Waals surface area contributed by atoms with Crippen molar-refractivity contribution in [3.8, 4) is 0 Å². The monoisotopic (exact) mass is 229 g/mol. The van der Waals surface area contributed by atoms with E-state index in [2.05, 4.69) is 44.5 Å². The summed E-state index contributed by atoms with van der Waals surface area (Å²) in [4.78, 5) is 1.76. The third kappa shape index (κ3) is 3.25. The fraction of sp³-hybridized carbons (Fsp3) is 0.333. The van der Waals surface area contributed by atoms with Crippen molar-refractivity contribution >= 4 is 44.5 Å². The summed E-state index contributed by atoms with van der Waals surface area (Å²) in [5.74, 6) is 0.644. The van der Waals surface area contributed by atoms with Crippen LogP contribution in [0.25, 0.3) is 0 Å². The van der Waals surface area contributed by atoms with Gasteiger partial charge in [0.2, 0.25) is 0 Å². The molecule has 0 aliphatic carbocycles. The Morgan fingerprint density at radius 3 is 2.33 bits per heavy atom. The lowest BCUT2D eigenvalue weighted by Gasteiger charge is -1.79. The van der Waals surface area contributed by atoms with Gasteiger partial charge in [-0.15, -0.1) is 0 Å². The Morgan fingerprint density at radius 1 is 1.83 bits per heavy atom. The summed E-state index contributed by atoms with van der Waals surface area (Å²) in [5, 5.41) is 0. The maximum absolute atomic E-state index is 4.63. The zero-order valence-corrected chi connectivity index (χ0v) is 6.94. The largest absolute Gasteiger partial charge is 0.0884 e. The van der Waals surface area contributed by atoms with Crippen LogP contribution >= 0.6 is 44.5 Å². The molecule has 0 spiro atoms. The van der Waals surface area contributed by atoms with Crippen LogP contribution in [-0.2, 0) is 0 Å². The number of hydrogen-bond donors (Lipinski definition) is 0. The fourth-order valence-electron chi connectivity index (χ4n) is 0.0315. The van der Waals surface area contributed by atoms with Gasteiger partial charge >= 0.3 is 0 Å². The highest BCUT2D eigenvalue weighted by atomic mass is 79.9. The molecular weight excluding hydrogens is 228 g/mol. The molecule has 1 radical (unpaired) electrons. The van der Waals surface area contributed by atoms with E-state index in [4.69, 9.17) is 0 Å². The Labute approximate surface area is 59.7 Å². The fourth-order valence-corrected chi connectivity index (χ4v) is 0.491. The lowest BCUT2D eigenvalue weighted by molar-refractivity contribution is 1.79. The van der Waals surface area contributed by atoms with Gasteiger partial charge < -0.3 is 0 Å². The molecule has 0 aromatic heterocycles. The van der Waals surface area contributed by atoms with Gasteiger partial charge in [-0.3, -0.25) is 0 Å². The van der Waals surface area contributed by atoms with E-state index in [1.54, 1.807) is 4.99 Å². The SMILES string of the molecule is [S]CC(Br)=CBr. The molecule has 0 bridgehead atoms. The van der Waals surface area contributed by atoms with E-state index in [9.17, 15) is 0 Å². The van der Waals surface area contributed by atoms with Crippen LogP contribution in [0.4, 0.5) is 0 Å². The molecule has 0 nitrogen and oxygen atoms in total. The standard InChI is InChI=1S/C3H3Br2S/c4-1-3(5)2-6/h1H,2H2. The molecule has 35 valence electrons. The van der Waals surface area contributed by atoms with Crippen molar-refractivity contribution in [2.45, 2.75) is 0 Å². The lowest BCUT2D eigenvalue weighted by atomic mass is 10.8. The Morgan fingerprint density at radius 2 is 2.33 bits per heavy atom. The van der Waals surface area contributed by atoms with Crippen molar-refractivity contribution in [3.05, 3.63) is 9.47 Å². The number of hydrogen-bond acceptors (Lipinski definition) is 0. The van der Waals surface area contributed by atoms with Crippen molar-refractivity contribution in [1.29, 1.82) is 0 Å². The average Bonchev–Trinajstić information content (AvgIpc) is 1.65. The van der Waals surface area contributed by atoms with Crippen molar-refractivity contribution in [3.63, 3.8) is 0 Å². The topological polar surface area (TPSA) is 0 Å². The summed E-state index contributed by atoms with van der Waals surface area (Å²) >= 11 is 10.9. The predicted octanol–water partition coefficient (Wildman–Crippen LogP) is 2.82. The molecule has 0 aliphatic heterocycles. The molecule has 0 unspecified atom stereocenters. The van der Waals surface area contributed by atoms with Gasteiger partial charge in [-0.25, -0.2) is 0 Å². The molecule has 0 aromatic carbocycles. The molecule has 0 saturated carbocycles. The van der Waals surface area contributed by atoms with Crippen LogP contribution in [-0.4, -0.2) is 5.75 Å². The third-order valence-corrected chi connectivity index (χ3v) is 2.61. The summed E-state index contributed by atoms with van der Waals surface area (Å²) in [5.41, 5.74) is 0. The first-order chi connectivity index (χ1) is 2.81. The summed E-state index contributed by atoms with van der Waals surface area (Å²) in [7, 11) is 0. The first-order valence-electron chi connectivity index (χ1n) is 1.34. The minimum atomic E-state index is 0.644. The van der Waals surface area contributed by atoms with Gasteiger partial charge in [-0.1, -0.05) is 44.5 Å². The van der Waals surface area contributed by atoms with Crippen LogP contribution in [0.5, 0.6) is 0 Å². The molecule has 0 rings (SSSR count). The highest BCUT2D eigenvalue weighted by Gasteiger charge is 1.79. The first-order valence-corrected chi connectivity index (χ1v) is 3.62. The van der Waals surface area contributed by atoms with E-state index < -0.39 is 0 Å². The van der Waals surface area contributed by atoms with E-state index in [1.807, 2.05) is 0 Å². The molecule has 0 aliphatic rings. The predicted molar refractivity (Wildman–Crippen MR) is 38.4 cm³/mol. The molecule has 6 heavy (non-hydrogen) atoms. The first kappa shape index (κ1) is 7.05. The van der Waals surface area contributed by atoms with Crippen LogP contribution < -0.4 is 0 Å². The molecule has 0 N–H and O–H groups in total. The minimum Gasteiger partial charge on any atom is -0.0884 e. The van der Waals surface area contributed by atoms with E-state index >= 15 is 0 Å². The number of rotatable bonds is 1. The van der Waals surface area contributed by atoms with Crippen LogP contribution in [0.3, 0.4) is 0 Å². The Balaban J connectivity index is 3.22. The quantitative estimate of drug-likeness (QED) is 0.650. The summed E-state index contributed by atoms with van der Waals surface area (Å²) in [6.07, 6.45) is 0. The second kappa shape index (κ2) is 4.22. The van der Waals surface area contributed by atoms with E-state index in [1.165, 1.54) is 0 Å². The van der Waals surface area contributed by atoms with Crippen molar-refractivity contribution in [2.24, 2.45) is 0 Å². The Bertz CT molecular complexity index is 59.8. The molecule has 0 amide bonds. The van der Waals surface area contributed by atoms with Gasteiger partial charge in [0.25, 0.3) is 0 Å². The zero-order valence-electron chi connectivity index (χ0n) is 2.95. The molecule has 0 atom stereocenters.